The number of nitrogens with two attached hydrogens (primary N) is 1. The van der Waals surface area contributed by atoms with Gasteiger partial charge in [-0.1, -0.05) is 45.0 Å². The molecule has 0 atom stereocenters. The van der Waals surface area contributed by atoms with Crippen molar-refractivity contribution in [2.24, 2.45) is 5.73 Å². The molecule has 4 heteroatoms. The Kier molecular flexibility index (Phi) is 3.54. The van der Waals surface area contributed by atoms with Crippen LogP contribution in [0.15, 0.2) is 24.3 Å². The van der Waals surface area contributed by atoms with Crippen LogP contribution in [0.1, 0.15) is 50.7 Å². The minimum Gasteiger partial charge on any atom is -0.350 e. The average molecular weight is 262 g/mol. The fourth-order valence-corrected chi connectivity index (χ4v) is 2.49. The molecule has 2 rings (SSSR count). The van der Waals surface area contributed by atoms with Crippen molar-refractivity contribution in [3.8, 4) is 0 Å². The first-order valence-corrected chi connectivity index (χ1v) is 6.67. The molecular weight excluding hydrogens is 240 g/mol. The summed E-state index contributed by atoms with van der Waals surface area (Å²) >= 11 is 0. The zero-order chi connectivity index (χ0) is 14.2. The summed E-state index contributed by atoms with van der Waals surface area (Å²) in [5, 5.41) is 10.1. The number of hydroxylamine groups is 2. The highest BCUT2D eigenvalue weighted by molar-refractivity contribution is 5.71. The summed E-state index contributed by atoms with van der Waals surface area (Å²) < 4.78 is 0. The number of rotatable bonds is 2. The number of amides is 2. The van der Waals surface area contributed by atoms with Gasteiger partial charge in [0.25, 0.3) is 0 Å². The molecule has 1 saturated carbocycles. The summed E-state index contributed by atoms with van der Waals surface area (Å²) in [6.07, 6.45) is 1.54. The van der Waals surface area contributed by atoms with Gasteiger partial charge >= 0.3 is 6.03 Å². The van der Waals surface area contributed by atoms with Crippen molar-refractivity contribution >= 4 is 6.03 Å². The number of benzene rings is 1. The molecule has 0 aliphatic heterocycles. The molecule has 0 aromatic heterocycles. The summed E-state index contributed by atoms with van der Waals surface area (Å²) in [7, 11) is 0. The number of carbonyl (C=O) groups excluding carboxylic acids is 1. The minimum absolute atomic E-state index is 0.134. The van der Waals surface area contributed by atoms with E-state index in [2.05, 4.69) is 45.0 Å². The van der Waals surface area contributed by atoms with Gasteiger partial charge in [-0.25, -0.2) is 9.86 Å². The van der Waals surface area contributed by atoms with Gasteiger partial charge in [0.1, 0.15) is 0 Å². The van der Waals surface area contributed by atoms with E-state index >= 15 is 0 Å². The highest BCUT2D eigenvalue weighted by atomic mass is 16.5. The summed E-state index contributed by atoms with van der Waals surface area (Å²) in [5.41, 5.74) is 7.78. The Bertz CT molecular complexity index is 456. The summed E-state index contributed by atoms with van der Waals surface area (Å²) in [6, 6.07) is 7.71. The van der Waals surface area contributed by atoms with Crippen molar-refractivity contribution in [2.75, 3.05) is 0 Å². The Balaban J connectivity index is 1.97. The molecule has 0 spiro atoms. The van der Waals surface area contributed by atoms with Crippen molar-refractivity contribution in [1.82, 2.24) is 5.06 Å². The Hall–Kier alpha value is -1.55. The van der Waals surface area contributed by atoms with Crippen LogP contribution in [-0.4, -0.2) is 22.3 Å². The Morgan fingerprint density at radius 3 is 2.21 bits per heavy atom. The number of urea groups is 1. The van der Waals surface area contributed by atoms with E-state index in [1.54, 1.807) is 0 Å². The largest absolute Gasteiger partial charge is 0.350 e. The lowest BCUT2D eigenvalue weighted by molar-refractivity contribution is -0.102. The van der Waals surface area contributed by atoms with Gasteiger partial charge in [-0.15, -0.1) is 0 Å². The number of nitrogens with zero attached hydrogens (tertiary/aromatic N) is 1. The first-order chi connectivity index (χ1) is 8.79. The normalized spacial score (nSPS) is 22.7. The van der Waals surface area contributed by atoms with E-state index < -0.39 is 6.03 Å². The molecule has 0 bridgehead atoms. The standard InChI is InChI=1S/C15H22N2O2/c1-15(2,3)12-6-4-10(5-7-12)11-8-13(9-11)17(19)14(16)18/h4-7,11,13,19H,8-9H2,1-3H3,(H2,16,18)/t11-,13+. The predicted molar refractivity (Wildman–Crippen MR) is 74.1 cm³/mol. The molecule has 0 heterocycles. The van der Waals surface area contributed by atoms with Crippen LogP contribution in [0.4, 0.5) is 4.79 Å². The number of primary amides is 1. The second-order valence-electron chi connectivity index (χ2n) is 6.38. The first kappa shape index (κ1) is 13.9. The van der Waals surface area contributed by atoms with Crippen LogP contribution in [0.5, 0.6) is 0 Å². The van der Waals surface area contributed by atoms with Crippen LogP contribution in [0.2, 0.25) is 0 Å². The molecule has 19 heavy (non-hydrogen) atoms. The van der Waals surface area contributed by atoms with E-state index in [1.807, 2.05) is 0 Å². The van der Waals surface area contributed by atoms with Crippen LogP contribution in [0.3, 0.4) is 0 Å². The molecule has 4 nitrogen and oxygen atoms in total. The zero-order valence-corrected chi connectivity index (χ0v) is 11.8. The molecule has 2 amide bonds. The van der Waals surface area contributed by atoms with E-state index in [4.69, 9.17) is 5.73 Å². The number of hydrogen-bond acceptors (Lipinski definition) is 2. The summed E-state index contributed by atoms with van der Waals surface area (Å²) in [5.74, 6) is 0.410. The Morgan fingerprint density at radius 2 is 1.79 bits per heavy atom. The van der Waals surface area contributed by atoms with Crippen molar-refractivity contribution in [2.45, 2.75) is 51.0 Å². The maximum absolute atomic E-state index is 10.8. The Labute approximate surface area is 114 Å². The van der Waals surface area contributed by atoms with Gasteiger partial charge in [0, 0.05) is 0 Å². The van der Waals surface area contributed by atoms with Crippen molar-refractivity contribution in [3.05, 3.63) is 35.4 Å². The molecule has 1 fully saturated rings. The molecule has 3 N–H and O–H groups in total. The first-order valence-electron chi connectivity index (χ1n) is 6.67. The van der Waals surface area contributed by atoms with Crippen LogP contribution in [0.25, 0.3) is 0 Å². The van der Waals surface area contributed by atoms with E-state index in [0.29, 0.717) is 11.0 Å². The highest BCUT2D eigenvalue weighted by Crippen LogP contribution is 2.39. The number of carbonyl (C=O) groups is 1. The SMILES string of the molecule is CC(C)(C)c1ccc([C@H]2C[C@@H](N(O)C(N)=O)C2)cc1. The van der Waals surface area contributed by atoms with Gasteiger partial charge in [0.15, 0.2) is 0 Å². The quantitative estimate of drug-likeness (QED) is 0.635. The lowest BCUT2D eigenvalue weighted by Crippen LogP contribution is -2.47. The van der Waals surface area contributed by atoms with Crippen molar-refractivity contribution < 1.29 is 10.0 Å². The molecule has 0 saturated heterocycles. The zero-order valence-electron chi connectivity index (χ0n) is 11.8. The third kappa shape index (κ3) is 2.89. The molecule has 0 unspecified atom stereocenters. The third-order valence-electron chi connectivity index (χ3n) is 3.93. The fraction of sp³-hybridized carbons (Fsp3) is 0.533. The van der Waals surface area contributed by atoms with Crippen molar-refractivity contribution in [1.29, 1.82) is 0 Å². The summed E-state index contributed by atoms with van der Waals surface area (Å²) in [6.45, 7) is 6.58. The van der Waals surface area contributed by atoms with E-state index in [-0.39, 0.29) is 11.5 Å². The van der Waals surface area contributed by atoms with Gasteiger partial charge in [0.2, 0.25) is 0 Å². The molecule has 1 aliphatic rings. The molecule has 104 valence electrons. The van der Waals surface area contributed by atoms with Crippen LogP contribution < -0.4 is 5.73 Å². The van der Waals surface area contributed by atoms with Crippen LogP contribution in [-0.2, 0) is 5.41 Å². The Morgan fingerprint density at radius 1 is 1.26 bits per heavy atom. The van der Waals surface area contributed by atoms with Gasteiger partial charge in [-0.3, -0.25) is 5.21 Å². The highest BCUT2D eigenvalue weighted by Gasteiger charge is 2.35. The summed E-state index contributed by atoms with van der Waals surface area (Å²) in [4.78, 5) is 10.8. The second-order valence-corrected chi connectivity index (χ2v) is 6.38. The topological polar surface area (TPSA) is 66.6 Å². The van der Waals surface area contributed by atoms with Crippen molar-refractivity contribution in [3.63, 3.8) is 0 Å². The molecular formula is C15H22N2O2. The monoisotopic (exact) mass is 262 g/mol. The smallest absolute Gasteiger partial charge is 0.338 e. The van der Waals surface area contributed by atoms with Gasteiger partial charge in [-0.05, 0) is 35.3 Å². The molecule has 1 aliphatic carbocycles. The third-order valence-corrected chi connectivity index (χ3v) is 3.93. The van der Waals surface area contributed by atoms with Gasteiger partial charge < -0.3 is 5.73 Å². The van der Waals surface area contributed by atoms with E-state index in [1.165, 1.54) is 11.1 Å². The van der Waals surface area contributed by atoms with Crippen LogP contribution >= 0.6 is 0 Å². The lowest BCUT2D eigenvalue weighted by Gasteiger charge is -2.39. The van der Waals surface area contributed by atoms with Gasteiger partial charge in [-0.2, -0.15) is 0 Å². The van der Waals surface area contributed by atoms with Gasteiger partial charge in [0.05, 0.1) is 6.04 Å². The fourth-order valence-electron chi connectivity index (χ4n) is 2.49. The average Bonchev–Trinajstić information content (AvgIpc) is 2.26. The predicted octanol–water partition coefficient (Wildman–Crippen LogP) is 3.00. The molecule has 1 aromatic carbocycles. The lowest BCUT2D eigenvalue weighted by atomic mass is 9.75. The maximum Gasteiger partial charge on any atom is 0.338 e. The number of hydrogen-bond donors (Lipinski definition) is 2. The van der Waals surface area contributed by atoms with Crippen LogP contribution in [0, 0.1) is 0 Å². The maximum atomic E-state index is 10.8. The second kappa shape index (κ2) is 4.85. The molecule has 1 aromatic rings. The van der Waals surface area contributed by atoms with E-state index in [0.717, 1.165) is 12.8 Å². The molecule has 0 radical (unpaired) electrons. The van der Waals surface area contributed by atoms with E-state index in [9.17, 15) is 10.0 Å². The minimum atomic E-state index is -0.772.